The summed E-state index contributed by atoms with van der Waals surface area (Å²) in [5.41, 5.74) is 2.13. The van der Waals surface area contributed by atoms with Gasteiger partial charge in [0, 0.05) is 12.6 Å². The molecule has 0 N–H and O–H groups in total. The van der Waals surface area contributed by atoms with Gasteiger partial charge in [-0.25, -0.2) is 0 Å². The number of rotatable bonds is 6. The Bertz CT molecular complexity index is 673. The zero-order chi connectivity index (χ0) is 17.1. The molecule has 1 aromatic heterocycles. The summed E-state index contributed by atoms with van der Waals surface area (Å²) >= 11 is 0. The summed E-state index contributed by atoms with van der Waals surface area (Å²) in [5, 5.41) is 4.20. The monoisotopic (exact) mass is 332 g/mol. The van der Waals surface area contributed by atoms with Crippen LogP contribution in [0.25, 0.3) is 0 Å². The molecule has 6 heteroatoms. The van der Waals surface area contributed by atoms with Gasteiger partial charge in [0.25, 0.3) is 0 Å². The molecule has 1 unspecified atom stereocenters. The summed E-state index contributed by atoms with van der Waals surface area (Å²) < 4.78 is 21.5. The smallest absolute Gasteiger partial charge is 0.203 e. The van der Waals surface area contributed by atoms with Crippen molar-refractivity contribution >= 4 is 0 Å². The third kappa shape index (κ3) is 3.19. The molecule has 0 saturated carbocycles. The first-order valence-corrected chi connectivity index (χ1v) is 8.12. The Labute approximate surface area is 142 Å². The number of hydrogen-bond acceptors (Lipinski definition) is 6. The van der Waals surface area contributed by atoms with Crippen LogP contribution >= 0.6 is 0 Å². The van der Waals surface area contributed by atoms with Gasteiger partial charge in [-0.05, 0) is 44.0 Å². The van der Waals surface area contributed by atoms with E-state index >= 15 is 0 Å². The Morgan fingerprint density at radius 1 is 1.12 bits per heavy atom. The number of hydrogen-bond donors (Lipinski definition) is 0. The lowest BCUT2D eigenvalue weighted by Gasteiger charge is -2.23. The van der Waals surface area contributed by atoms with Gasteiger partial charge in [-0.3, -0.25) is 4.90 Å². The number of likely N-dealkylation sites (tertiary alicyclic amines) is 1. The van der Waals surface area contributed by atoms with E-state index in [-0.39, 0.29) is 0 Å². The fourth-order valence-corrected chi connectivity index (χ4v) is 3.35. The lowest BCUT2D eigenvalue weighted by atomic mass is 10.1. The number of aryl methyl sites for hydroxylation is 1. The van der Waals surface area contributed by atoms with E-state index in [1.54, 1.807) is 21.3 Å². The maximum absolute atomic E-state index is 5.45. The molecule has 1 aliphatic rings. The van der Waals surface area contributed by atoms with Crippen LogP contribution in [0.5, 0.6) is 17.2 Å². The third-order valence-corrected chi connectivity index (χ3v) is 4.46. The number of benzene rings is 1. The topological polar surface area (TPSA) is 57.0 Å². The molecule has 0 amide bonds. The van der Waals surface area contributed by atoms with Gasteiger partial charge in [0.15, 0.2) is 11.5 Å². The van der Waals surface area contributed by atoms with Gasteiger partial charge >= 0.3 is 0 Å². The minimum Gasteiger partial charge on any atom is -0.493 e. The molecule has 1 aromatic carbocycles. The van der Waals surface area contributed by atoms with Gasteiger partial charge in [0.2, 0.25) is 5.75 Å². The maximum atomic E-state index is 5.45. The summed E-state index contributed by atoms with van der Waals surface area (Å²) in [6.07, 6.45) is 2.25. The maximum Gasteiger partial charge on any atom is 0.203 e. The Balaban J connectivity index is 1.84. The summed E-state index contributed by atoms with van der Waals surface area (Å²) in [7, 11) is 4.89. The highest BCUT2D eigenvalue weighted by Crippen LogP contribution is 2.40. The molecule has 0 aliphatic carbocycles. The van der Waals surface area contributed by atoms with Crippen LogP contribution in [0.2, 0.25) is 0 Å². The highest BCUT2D eigenvalue weighted by atomic mass is 16.5. The van der Waals surface area contributed by atoms with Crippen molar-refractivity contribution in [1.29, 1.82) is 0 Å². The highest BCUT2D eigenvalue weighted by Gasteiger charge is 2.29. The lowest BCUT2D eigenvalue weighted by Crippen LogP contribution is -2.23. The predicted octanol–water partition coefficient (Wildman–Crippen LogP) is 3.35. The van der Waals surface area contributed by atoms with Crippen molar-refractivity contribution in [2.24, 2.45) is 0 Å². The van der Waals surface area contributed by atoms with Crippen molar-refractivity contribution in [3.63, 3.8) is 0 Å². The minimum absolute atomic E-state index is 0.293. The van der Waals surface area contributed by atoms with Crippen molar-refractivity contribution < 1.29 is 18.7 Å². The van der Waals surface area contributed by atoms with Crippen LogP contribution in [0.1, 0.15) is 35.9 Å². The fraction of sp³-hybridized carbons (Fsp3) is 0.500. The molecule has 24 heavy (non-hydrogen) atoms. The Kier molecular flexibility index (Phi) is 4.94. The fourth-order valence-electron chi connectivity index (χ4n) is 3.35. The van der Waals surface area contributed by atoms with Crippen molar-refractivity contribution in [1.82, 2.24) is 10.1 Å². The van der Waals surface area contributed by atoms with Gasteiger partial charge in [0.1, 0.15) is 11.5 Å². The van der Waals surface area contributed by atoms with Crippen molar-refractivity contribution in [2.45, 2.75) is 32.4 Å². The zero-order valence-electron chi connectivity index (χ0n) is 14.7. The van der Waals surface area contributed by atoms with Crippen LogP contribution in [0.3, 0.4) is 0 Å². The number of methoxy groups -OCH3 is 3. The number of aromatic nitrogens is 1. The second-order valence-corrected chi connectivity index (χ2v) is 6.02. The second-order valence-electron chi connectivity index (χ2n) is 6.02. The van der Waals surface area contributed by atoms with Crippen molar-refractivity contribution in [3.8, 4) is 17.2 Å². The Hall–Kier alpha value is -2.21. The quantitative estimate of drug-likeness (QED) is 0.808. The SMILES string of the molecule is COc1cc(CN2CCCC2c2cc(C)on2)cc(OC)c1OC. The first kappa shape index (κ1) is 16.6. The molecule has 2 heterocycles. The molecule has 2 aromatic rings. The largest absolute Gasteiger partial charge is 0.493 e. The van der Waals surface area contributed by atoms with Gasteiger partial charge in [-0.1, -0.05) is 5.16 Å². The summed E-state index contributed by atoms with van der Waals surface area (Å²) in [6, 6.07) is 6.33. The molecule has 6 nitrogen and oxygen atoms in total. The number of ether oxygens (including phenoxy) is 3. The molecule has 3 rings (SSSR count). The first-order chi connectivity index (χ1) is 11.7. The summed E-state index contributed by atoms with van der Waals surface area (Å²) in [5.74, 6) is 2.83. The van der Waals surface area contributed by atoms with Crippen molar-refractivity contribution in [3.05, 3.63) is 35.2 Å². The van der Waals surface area contributed by atoms with E-state index in [1.807, 2.05) is 25.1 Å². The van der Waals surface area contributed by atoms with E-state index in [4.69, 9.17) is 18.7 Å². The molecule has 1 atom stereocenters. The van der Waals surface area contributed by atoms with E-state index in [1.165, 1.54) is 0 Å². The Morgan fingerprint density at radius 2 is 1.83 bits per heavy atom. The average molecular weight is 332 g/mol. The van der Waals surface area contributed by atoms with E-state index in [9.17, 15) is 0 Å². The van der Waals surface area contributed by atoms with Crippen LogP contribution in [-0.4, -0.2) is 37.9 Å². The van der Waals surface area contributed by atoms with Crippen LogP contribution in [0.15, 0.2) is 22.7 Å². The molecule has 0 radical (unpaired) electrons. The third-order valence-electron chi connectivity index (χ3n) is 4.46. The molecule has 1 aliphatic heterocycles. The highest BCUT2D eigenvalue weighted by molar-refractivity contribution is 5.53. The van der Waals surface area contributed by atoms with Gasteiger partial charge in [-0.2, -0.15) is 0 Å². The zero-order valence-corrected chi connectivity index (χ0v) is 14.7. The van der Waals surface area contributed by atoms with Crippen molar-refractivity contribution in [2.75, 3.05) is 27.9 Å². The van der Waals surface area contributed by atoms with E-state index < -0.39 is 0 Å². The summed E-state index contributed by atoms with van der Waals surface area (Å²) in [6.45, 7) is 3.76. The molecule has 1 saturated heterocycles. The molecule has 130 valence electrons. The minimum atomic E-state index is 0.293. The van der Waals surface area contributed by atoms with Crippen LogP contribution in [-0.2, 0) is 6.54 Å². The molecule has 1 fully saturated rings. The van der Waals surface area contributed by atoms with Gasteiger partial charge < -0.3 is 18.7 Å². The molecular formula is C18H24N2O4. The first-order valence-electron chi connectivity index (χ1n) is 8.12. The van der Waals surface area contributed by atoms with E-state index in [0.717, 1.165) is 42.9 Å². The lowest BCUT2D eigenvalue weighted by molar-refractivity contribution is 0.235. The molecule has 0 spiro atoms. The van der Waals surface area contributed by atoms with E-state index in [0.29, 0.717) is 23.3 Å². The molecular weight excluding hydrogens is 308 g/mol. The normalized spacial score (nSPS) is 17.9. The van der Waals surface area contributed by atoms with Crippen LogP contribution < -0.4 is 14.2 Å². The van der Waals surface area contributed by atoms with E-state index in [2.05, 4.69) is 10.1 Å². The van der Waals surface area contributed by atoms with Gasteiger partial charge in [-0.15, -0.1) is 0 Å². The predicted molar refractivity (Wildman–Crippen MR) is 89.7 cm³/mol. The van der Waals surface area contributed by atoms with Crippen LogP contribution in [0, 0.1) is 6.92 Å². The second kappa shape index (κ2) is 7.13. The van der Waals surface area contributed by atoms with Crippen LogP contribution in [0.4, 0.5) is 0 Å². The van der Waals surface area contributed by atoms with Gasteiger partial charge in [0.05, 0.1) is 27.4 Å². The Morgan fingerprint density at radius 3 is 2.38 bits per heavy atom. The average Bonchev–Trinajstić information content (AvgIpc) is 3.22. The standard InChI is InChI=1S/C18H24N2O4/c1-12-8-14(19-24-12)15-6-5-7-20(15)11-13-9-16(21-2)18(23-4)17(10-13)22-3/h8-10,15H,5-7,11H2,1-4H3. The molecule has 0 bridgehead atoms. The summed E-state index contributed by atoms with van der Waals surface area (Å²) in [4.78, 5) is 2.41. The number of nitrogens with zero attached hydrogens (tertiary/aromatic N) is 2.